The first kappa shape index (κ1) is 16.3. The van der Waals surface area contributed by atoms with E-state index in [-0.39, 0.29) is 6.17 Å². The zero-order valence-corrected chi connectivity index (χ0v) is 15.8. The number of aromatic nitrogens is 2. The average molecular weight is 356 g/mol. The second-order valence-electron chi connectivity index (χ2n) is 7.55. The van der Waals surface area contributed by atoms with Gasteiger partial charge < -0.3 is 9.47 Å². The summed E-state index contributed by atoms with van der Waals surface area (Å²) < 4.78 is 2.08. The molecule has 2 aromatic carbocycles. The van der Waals surface area contributed by atoms with Crippen molar-refractivity contribution in [1.82, 2.24) is 14.5 Å². The minimum Gasteiger partial charge on any atom is -0.342 e. The third-order valence-electron chi connectivity index (χ3n) is 5.91. The lowest BCUT2D eigenvalue weighted by atomic mass is 9.85. The molecule has 1 aliphatic carbocycles. The summed E-state index contributed by atoms with van der Waals surface area (Å²) in [7, 11) is 2.05. The highest BCUT2D eigenvalue weighted by molar-refractivity contribution is 5.88. The summed E-state index contributed by atoms with van der Waals surface area (Å²) in [6.45, 7) is 2.20. The highest BCUT2D eigenvalue weighted by Crippen LogP contribution is 2.41. The predicted molar refractivity (Wildman–Crippen MR) is 111 cm³/mol. The van der Waals surface area contributed by atoms with E-state index in [1.807, 2.05) is 19.6 Å². The summed E-state index contributed by atoms with van der Waals surface area (Å²) in [4.78, 5) is 11.7. The number of fused-ring (bicyclic) bond motifs is 2. The van der Waals surface area contributed by atoms with Gasteiger partial charge in [-0.05, 0) is 55.5 Å². The number of nitrogens with zero attached hydrogens (tertiary/aromatic N) is 4. The standard InChI is InChI=1S/C23H24N4/c1-16-24-13-12-21(18-10-11-20-23(14-18)26(2)15-25-20)27(16)22-9-5-7-17-6-3-4-8-19(17)22/h3-4,6,8,10-16,22H,5,7,9H2,1-2H3/t16?,22-/m1/s1. The number of hydrogen-bond acceptors (Lipinski definition) is 3. The Hall–Kier alpha value is -2.88. The molecular formula is C23H24N4. The first-order chi connectivity index (χ1) is 13.2. The number of allylic oxidation sites excluding steroid dienone is 1. The molecule has 2 heterocycles. The minimum atomic E-state index is 0.128. The first-order valence-electron chi connectivity index (χ1n) is 9.73. The van der Waals surface area contributed by atoms with E-state index in [2.05, 4.69) is 69.9 Å². The van der Waals surface area contributed by atoms with Gasteiger partial charge in [-0.3, -0.25) is 4.99 Å². The molecule has 4 nitrogen and oxygen atoms in total. The van der Waals surface area contributed by atoms with Gasteiger partial charge in [0.15, 0.2) is 0 Å². The van der Waals surface area contributed by atoms with Gasteiger partial charge >= 0.3 is 0 Å². The Labute approximate surface area is 159 Å². The van der Waals surface area contributed by atoms with Crippen LogP contribution in [0, 0.1) is 0 Å². The van der Waals surface area contributed by atoms with Crippen molar-refractivity contribution in [1.29, 1.82) is 0 Å². The molecule has 3 aromatic rings. The van der Waals surface area contributed by atoms with Crippen molar-refractivity contribution < 1.29 is 0 Å². The Balaban J connectivity index is 1.61. The topological polar surface area (TPSA) is 33.4 Å². The largest absolute Gasteiger partial charge is 0.342 e. The zero-order chi connectivity index (χ0) is 18.4. The predicted octanol–water partition coefficient (Wildman–Crippen LogP) is 4.72. The SMILES string of the molecule is CC1N=CC=C(c2ccc3ncn(C)c3c2)N1[C@@H]1CCCc2ccccc21. The molecular weight excluding hydrogens is 332 g/mol. The van der Waals surface area contributed by atoms with Gasteiger partial charge in [0.1, 0.15) is 6.17 Å². The maximum Gasteiger partial charge on any atom is 0.118 e. The fourth-order valence-electron chi connectivity index (χ4n) is 4.57. The number of rotatable bonds is 2. The van der Waals surface area contributed by atoms with Gasteiger partial charge in [0.25, 0.3) is 0 Å². The van der Waals surface area contributed by atoms with Gasteiger partial charge in [-0.2, -0.15) is 0 Å². The Bertz CT molecular complexity index is 1060. The molecule has 0 saturated carbocycles. The van der Waals surface area contributed by atoms with E-state index >= 15 is 0 Å². The van der Waals surface area contributed by atoms with Gasteiger partial charge in [-0.15, -0.1) is 0 Å². The van der Waals surface area contributed by atoms with Crippen LogP contribution in [-0.2, 0) is 13.5 Å². The number of aliphatic imine (C=N–C) groups is 1. The third kappa shape index (κ3) is 2.67. The number of benzene rings is 2. The molecule has 2 aliphatic rings. The Kier molecular flexibility index (Phi) is 3.85. The molecule has 2 atom stereocenters. The molecule has 0 N–H and O–H groups in total. The average Bonchev–Trinajstić information content (AvgIpc) is 3.08. The summed E-state index contributed by atoms with van der Waals surface area (Å²) in [6, 6.07) is 15.8. The van der Waals surface area contributed by atoms with Crippen LogP contribution in [-0.4, -0.2) is 26.8 Å². The normalized spacial score (nSPS) is 22.0. The van der Waals surface area contributed by atoms with Crippen molar-refractivity contribution >= 4 is 22.9 Å². The summed E-state index contributed by atoms with van der Waals surface area (Å²) in [5.74, 6) is 0. The van der Waals surface area contributed by atoms with Crippen LogP contribution in [0.15, 0.2) is 59.9 Å². The van der Waals surface area contributed by atoms with Crippen molar-refractivity contribution in [3.63, 3.8) is 0 Å². The summed E-state index contributed by atoms with van der Waals surface area (Å²) >= 11 is 0. The Morgan fingerprint density at radius 2 is 2.00 bits per heavy atom. The van der Waals surface area contributed by atoms with E-state index in [4.69, 9.17) is 4.99 Å². The molecule has 0 bridgehead atoms. The maximum atomic E-state index is 4.71. The summed E-state index contributed by atoms with van der Waals surface area (Å²) in [5, 5.41) is 0. The fourth-order valence-corrected chi connectivity index (χ4v) is 4.57. The van der Waals surface area contributed by atoms with Gasteiger partial charge in [-0.25, -0.2) is 4.98 Å². The molecule has 136 valence electrons. The zero-order valence-electron chi connectivity index (χ0n) is 15.8. The van der Waals surface area contributed by atoms with E-state index in [1.165, 1.54) is 41.6 Å². The van der Waals surface area contributed by atoms with Crippen LogP contribution in [0.2, 0.25) is 0 Å². The molecule has 0 radical (unpaired) electrons. The van der Waals surface area contributed by atoms with E-state index in [0.29, 0.717) is 6.04 Å². The Morgan fingerprint density at radius 1 is 1.11 bits per heavy atom. The second kappa shape index (κ2) is 6.38. The van der Waals surface area contributed by atoms with Crippen molar-refractivity contribution in [3.8, 4) is 0 Å². The molecule has 0 spiro atoms. The molecule has 0 amide bonds. The molecule has 1 aromatic heterocycles. The number of hydrogen-bond donors (Lipinski definition) is 0. The third-order valence-corrected chi connectivity index (χ3v) is 5.91. The second-order valence-corrected chi connectivity index (χ2v) is 7.55. The molecule has 27 heavy (non-hydrogen) atoms. The lowest BCUT2D eigenvalue weighted by Gasteiger charge is -2.42. The molecule has 4 heteroatoms. The van der Waals surface area contributed by atoms with Gasteiger partial charge in [0, 0.05) is 24.5 Å². The van der Waals surface area contributed by atoms with Crippen molar-refractivity contribution in [2.75, 3.05) is 0 Å². The van der Waals surface area contributed by atoms with Gasteiger partial charge in [0.2, 0.25) is 0 Å². The first-order valence-corrected chi connectivity index (χ1v) is 9.73. The van der Waals surface area contributed by atoms with E-state index in [0.717, 1.165) is 11.0 Å². The van der Waals surface area contributed by atoms with E-state index in [1.54, 1.807) is 0 Å². The Morgan fingerprint density at radius 3 is 2.93 bits per heavy atom. The lowest BCUT2D eigenvalue weighted by Crippen LogP contribution is -2.37. The van der Waals surface area contributed by atoms with Crippen LogP contribution in [0.3, 0.4) is 0 Å². The number of imidazole rings is 1. The highest BCUT2D eigenvalue weighted by Gasteiger charge is 2.31. The lowest BCUT2D eigenvalue weighted by molar-refractivity contribution is 0.216. The summed E-state index contributed by atoms with van der Waals surface area (Å²) in [5.41, 5.74) is 7.62. The molecule has 0 fully saturated rings. The van der Waals surface area contributed by atoms with Crippen LogP contribution in [0.1, 0.15) is 42.5 Å². The maximum absolute atomic E-state index is 4.71. The van der Waals surface area contributed by atoms with Crippen LogP contribution < -0.4 is 0 Å². The fraction of sp³-hybridized carbons (Fsp3) is 0.304. The monoisotopic (exact) mass is 356 g/mol. The van der Waals surface area contributed by atoms with Crippen LogP contribution in [0.5, 0.6) is 0 Å². The van der Waals surface area contributed by atoms with E-state index < -0.39 is 0 Å². The van der Waals surface area contributed by atoms with Gasteiger partial charge in [0.05, 0.1) is 23.4 Å². The molecule has 5 rings (SSSR count). The van der Waals surface area contributed by atoms with Gasteiger partial charge in [-0.1, -0.05) is 30.3 Å². The van der Waals surface area contributed by atoms with Crippen molar-refractivity contribution in [2.45, 2.75) is 38.4 Å². The van der Waals surface area contributed by atoms with Crippen molar-refractivity contribution in [3.05, 3.63) is 71.6 Å². The quantitative estimate of drug-likeness (QED) is 0.665. The van der Waals surface area contributed by atoms with Crippen LogP contribution in [0.4, 0.5) is 0 Å². The van der Waals surface area contributed by atoms with E-state index in [9.17, 15) is 0 Å². The minimum absolute atomic E-state index is 0.128. The summed E-state index contributed by atoms with van der Waals surface area (Å²) in [6.07, 6.45) is 9.70. The molecule has 0 saturated heterocycles. The highest BCUT2D eigenvalue weighted by atomic mass is 15.3. The van der Waals surface area contributed by atoms with Crippen LogP contribution in [0.25, 0.3) is 16.7 Å². The molecule has 1 aliphatic heterocycles. The number of aryl methyl sites for hydroxylation is 2. The molecule has 1 unspecified atom stereocenters. The van der Waals surface area contributed by atoms with Crippen molar-refractivity contribution in [2.24, 2.45) is 12.0 Å². The smallest absolute Gasteiger partial charge is 0.118 e. The van der Waals surface area contributed by atoms with Crippen LogP contribution >= 0.6 is 0 Å².